The number of hydrogen-bond donors (Lipinski definition) is 3. The average molecular weight is 300 g/mol. The van der Waals surface area contributed by atoms with Gasteiger partial charge in [-0.25, -0.2) is 8.42 Å². The third-order valence-electron chi connectivity index (χ3n) is 3.71. The maximum absolute atomic E-state index is 12.0. The second-order valence-electron chi connectivity index (χ2n) is 5.89. The molecular formula is C12H20N4O3S. The van der Waals surface area contributed by atoms with Crippen LogP contribution < -0.4 is 11.1 Å². The predicted molar refractivity (Wildman–Crippen MR) is 76.2 cm³/mol. The average Bonchev–Trinajstić information content (AvgIpc) is 3.09. The number of nitrogens with zero attached hydrogens (tertiary/aromatic N) is 1. The Balaban J connectivity index is 2.06. The third kappa shape index (κ3) is 2.79. The summed E-state index contributed by atoms with van der Waals surface area (Å²) in [5, 5.41) is 9.30. The van der Waals surface area contributed by atoms with Gasteiger partial charge < -0.3 is 11.1 Å². The van der Waals surface area contributed by atoms with Crippen LogP contribution in [0.25, 0.3) is 0 Å². The van der Waals surface area contributed by atoms with Crippen LogP contribution in [-0.4, -0.2) is 42.1 Å². The van der Waals surface area contributed by atoms with Crippen LogP contribution in [0.3, 0.4) is 0 Å². The molecule has 112 valence electrons. The van der Waals surface area contributed by atoms with Crippen molar-refractivity contribution in [2.24, 2.45) is 0 Å². The minimum atomic E-state index is -3.26. The van der Waals surface area contributed by atoms with Crippen molar-refractivity contribution in [1.29, 1.82) is 0 Å². The van der Waals surface area contributed by atoms with E-state index in [9.17, 15) is 13.2 Å². The number of anilines is 1. The molecule has 0 atom stereocenters. The Kier molecular flexibility index (Phi) is 3.53. The van der Waals surface area contributed by atoms with E-state index in [0.29, 0.717) is 11.6 Å². The van der Waals surface area contributed by atoms with Crippen molar-refractivity contribution in [3.63, 3.8) is 0 Å². The van der Waals surface area contributed by atoms with Gasteiger partial charge in [-0.05, 0) is 26.7 Å². The minimum Gasteiger partial charge on any atom is -0.395 e. The Hall–Kier alpha value is -1.57. The van der Waals surface area contributed by atoms with Crippen LogP contribution in [-0.2, 0) is 9.84 Å². The zero-order valence-electron chi connectivity index (χ0n) is 11.9. The molecule has 2 rings (SSSR count). The molecule has 0 bridgehead atoms. The number of carbonyl (C=O) groups is 1. The van der Waals surface area contributed by atoms with Gasteiger partial charge in [0.15, 0.2) is 15.5 Å². The van der Waals surface area contributed by atoms with Crippen LogP contribution >= 0.6 is 0 Å². The number of rotatable bonds is 5. The van der Waals surface area contributed by atoms with Crippen LogP contribution in [0.5, 0.6) is 0 Å². The first-order valence-electron chi connectivity index (χ1n) is 6.45. The summed E-state index contributed by atoms with van der Waals surface area (Å²) in [6.45, 7) is 3.13. The topological polar surface area (TPSA) is 118 Å². The Morgan fingerprint density at radius 2 is 2.10 bits per heavy atom. The predicted octanol–water partition coefficient (Wildman–Crippen LogP) is 0.422. The van der Waals surface area contributed by atoms with Crippen molar-refractivity contribution >= 4 is 21.4 Å². The lowest BCUT2D eigenvalue weighted by Gasteiger charge is -2.22. The highest BCUT2D eigenvalue weighted by Crippen LogP contribution is 2.42. The number of amides is 1. The lowest BCUT2D eigenvalue weighted by molar-refractivity contribution is 0.0946. The van der Waals surface area contributed by atoms with Crippen molar-refractivity contribution in [3.05, 3.63) is 11.4 Å². The molecule has 0 saturated heterocycles. The van der Waals surface area contributed by atoms with Crippen LogP contribution in [0.15, 0.2) is 0 Å². The number of carbonyl (C=O) groups excluding carboxylic acids is 1. The summed E-state index contributed by atoms with van der Waals surface area (Å²) in [5.41, 5.74) is 7.20. The monoisotopic (exact) mass is 300 g/mol. The second-order valence-corrected chi connectivity index (χ2v) is 8.54. The number of sulfone groups is 1. The maximum atomic E-state index is 12.0. The summed E-state index contributed by atoms with van der Waals surface area (Å²) < 4.78 is 22.1. The van der Waals surface area contributed by atoms with Gasteiger partial charge in [-0.1, -0.05) is 0 Å². The molecule has 1 fully saturated rings. The van der Waals surface area contributed by atoms with Crippen LogP contribution in [0.4, 0.5) is 5.69 Å². The number of aromatic amines is 1. The van der Waals surface area contributed by atoms with Gasteiger partial charge in [0.1, 0.15) is 0 Å². The number of nitrogens with one attached hydrogen (secondary N) is 2. The fourth-order valence-electron chi connectivity index (χ4n) is 1.73. The first-order valence-corrected chi connectivity index (χ1v) is 8.34. The molecule has 4 N–H and O–H groups in total. The Bertz CT molecular complexity index is 629. The summed E-state index contributed by atoms with van der Waals surface area (Å²) >= 11 is 0. The third-order valence-corrected chi connectivity index (χ3v) is 5.86. The molecule has 1 aromatic rings. The molecule has 7 nitrogen and oxygen atoms in total. The van der Waals surface area contributed by atoms with Gasteiger partial charge in [0.05, 0.1) is 16.1 Å². The van der Waals surface area contributed by atoms with Crippen molar-refractivity contribution in [1.82, 2.24) is 15.5 Å². The number of aromatic nitrogens is 2. The van der Waals surface area contributed by atoms with Crippen LogP contribution in [0.1, 0.15) is 48.8 Å². The Labute approximate surface area is 118 Å². The maximum Gasteiger partial charge on any atom is 0.273 e. The molecule has 0 spiro atoms. The van der Waals surface area contributed by atoms with E-state index < -0.39 is 20.5 Å². The normalized spacial score (nSPS) is 16.1. The molecular weight excluding hydrogens is 280 g/mol. The van der Waals surface area contributed by atoms with Crippen molar-refractivity contribution in [3.8, 4) is 0 Å². The van der Waals surface area contributed by atoms with Crippen LogP contribution in [0.2, 0.25) is 0 Å². The van der Waals surface area contributed by atoms with Gasteiger partial charge in [0.25, 0.3) is 5.91 Å². The number of hydrogen-bond acceptors (Lipinski definition) is 5. The van der Waals surface area contributed by atoms with E-state index in [-0.39, 0.29) is 12.2 Å². The molecule has 1 saturated carbocycles. The van der Waals surface area contributed by atoms with E-state index >= 15 is 0 Å². The molecule has 20 heavy (non-hydrogen) atoms. The zero-order chi connectivity index (χ0) is 15.1. The molecule has 0 aliphatic heterocycles. The van der Waals surface area contributed by atoms with E-state index in [1.165, 1.54) is 0 Å². The first kappa shape index (κ1) is 14.8. The highest BCUT2D eigenvalue weighted by Gasteiger charge is 2.33. The summed E-state index contributed by atoms with van der Waals surface area (Å²) in [7, 11) is -3.26. The smallest absolute Gasteiger partial charge is 0.273 e. The lowest BCUT2D eigenvalue weighted by Crippen LogP contribution is -2.44. The number of H-pyrrole nitrogens is 1. The van der Waals surface area contributed by atoms with Crippen molar-refractivity contribution in [2.75, 3.05) is 18.5 Å². The SMILES string of the molecule is CC(C)(CNC(=O)c1n[nH]c(C2CC2)c1N)S(C)(=O)=O. The van der Waals surface area contributed by atoms with Gasteiger partial charge in [0.2, 0.25) is 0 Å². The molecule has 0 unspecified atom stereocenters. The van der Waals surface area contributed by atoms with Gasteiger partial charge >= 0.3 is 0 Å². The fourth-order valence-corrected chi connectivity index (χ4v) is 2.06. The van der Waals surface area contributed by atoms with Crippen LogP contribution in [0, 0.1) is 0 Å². The van der Waals surface area contributed by atoms with E-state index in [1.54, 1.807) is 13.8 Å². The van der Waals surface area contributed by atoms with E-state index in [2.05, 4.69) is 15.5 Å². The quantitative estimate of drug-likeness (QED) is 0.728. The van der Waals surface area contributed by atoms with E-state index in [1.807, 2.05) is 0 Å². The van der Waals surface area contributed by atoms with E-state index in [4.69, 9.17) is 5.73 Å². The highest BCUT2D eigenvalue weighted by atomic mass is 32.2. The molecule has 0 radical (unpaired) electrons. The highest BCUT2D eigenvalue weighted by molar-refractivity contribution is 7.92. The minimum absolute atomic E-state index is 0.00965. The molecule has 1 heterocycles. The summed E-state index contributed by atoms with van der Waals surface area (Å²) in [6.07, 6.45) is 3.25. The van der Waals surface area contributed by atoms with Gasteiger partial charge in [0, 0.05) is 18.7 Å². The van der Waals surface area contributed by atoms with Gasteiger partial charge in [-0.15, -0.1) is 0 Å². The Morgan fingerprint density at radius 1 is 1.50 bits per heavy atom. The fraction of sp³-hybridized carbons (Fsp3) is 0.667. The number of nitrogens with two attached hydrogens (primary N) is 1. The summed E-state index contributed by atoms with van der Waals surface area (Å²) in [5.74, 6) is -0.0844. The summed E-state index contributed by atoms with van der Waals surface area (Å²) in [4.78, 5) is 12.0. The van der Waals surface area contributed by atoms with Gasteiger partial charge in [-0.3, -0.25) is 9.89 Å². The molecule has 8 heteroatoms. The molecule has 1 aliphatic carbocycles. The van der Waals surface area contributed by atoms with Crippen molar-refractivity contribution in [2.45, 2.75) is 37.4 Å². The molecule has 0 aromatic carbocycles. The molecule has 1 aromatic heterocycles. The standard InChI is InChI=1S/C12H20N4O3S/c1-12(2,20(3,18)19)6-14-11(17)10-8(13)9(15-16-10)7-4-5-7/h7H,4-6,13H2,1-3H3,(H,14,17)(H,15,16). The lowest BCUT2D eigenvalue weighted by atomic mass is 10.2. The van der Waals surface area contributed by atoms with E-state index in [0.717, 1.165) is 24.8 Å². The first-order chi connectivity index (χ1) is 9.13. The van der Waals surface area contributed by atoms with Crippen molar-refractivity contribution < 1.29 is 13.2 Å². The zero-order valence-corrected chi connectivity index (χ0v) is 12.7. The summed E-state index contributed by atoms with van der Waals surface area (Å²) in [6, 6.07) is 0. The van der Waals surface area contributed by atoms with Gasteiger partial charge in [-0.2, -0.15) is 5.10 Å². The largest absolute Gasteiger partial charge is 0.395 e. The number of nitrogen functional groups attached to an aromatic ring is 1. The molecule has 1 aliphatic rings. The second kappa shape index (κ2) is 4.76. The Morgan fingerprint density at radius 3 is 2.60 bits per heavy atom. The molecule has 1 amide bonds.